The van der Waals surface area contributed by atoms with Gasteiger partial charge in [0.15, 0.2) is 0 Å². The zero-order chi connectivity index (χ0) is 17.6. The molecule has 140 valence electrons. The number of unbranched alkanes of at least 4 members (excludes halogenated alkanes) is 7. The lowest BCUT2D eigenvalue weighted by Gasteiger charge is -2.24. The van der Waals surface area contributed by atoms with Crippen LogP contribution in [0.3, 0.4) is 0 Å². The van der Waals surface area contributed by atoms with Gasteiger partial charge in [-0.25, -0.2) is 0 Å². The topological polar surface area (TPSA) is 75.4 Å². The molecule has 1 saturated heterocycles. The highest BCUT2D eigenvalue weighted by molar-refractivity contribution is 5.88. The molecule has 0 radical (unpaired) electrons. The summed E-state index contributed by atoms with van der Waals surface area (Å²) in [6, 6.07) is -0.243. The summed E-state index contributed by atoms with van der Waals surface area (Å²) in [6.45, 7) is 4.34. The number of nitrogens with zero attached hydrogens (tertiary/aromatic N) is 1. The molecule has 1 aliphatic rings. The van der Waals surface area contributed by atoms with E-state index in [2.05, 4.69) is 12.2 Å². The molecule has 3 N–H and O–H groups in total. The lowest BCUT2D eigenvalue weighted by atomic mass is 10.1. The third-order valence-corrected chi connectivity index (χ3v) is 4.80. The van der Waals surface area contributed by atoms with Crippen LogP contribution in [-0.2, 0) is 9.59 Å². The first-order chi connectivity index (χ1) is 11.7. The summed E-state index contributed by atoms with van der Waals surface area (Å²) in [4.78, 5) is 26.5. The minimum Gasteiger partial charge on any atom is -0.354 e. The maximum absolute atomic E-state index is 12.4. The van der Waals surface area contributed by atoms with E-state index in [4.69, 9.17) is 5.73 Å². The molecule has 1 unspecified atom stereocenters. The van der Waals surface area contributed by atoms with Gasteiger partial charge in [0.1, 0.15) is 6.04 Å². The average Bonchev–Trinajstić information content (AvgIpc) is 3.07. The van der Waals surface area contributed by atoms with E-state index in [0.29, 0.717) is 19.5 Å². The van der Waals surface area contributed by atoms with Gasteiger partial charge in [0, 0.05) is 19.5 Å². The number of hydrogen-bond acceptors (Lipinski definition) is 3. The highest BCUT2D eigenvalue weighted by Crippen LogP contribution is 2.19. The first kappa shape index (κ1) is 20.9. The molecule has 0 aromatic carbocycles. The average molecular weight is 340 g/mol. The fraction of sp³-hybridized carbons (Fsp3) is 0.895. The number of amides is 2. The summed E-state index contributed by atoms with van der Waals surface area (Å²) < 4.78 is 0. The van der Waals surface area contributed by atoms with Crippen LogP contribution >= 0.6 is 0 Å². The molecule has 5 nitrogen and oxygen atoms in total. The van der Waals surface area contributed by atoms with Gasteiger partial charge in [0.05, 0.1) is 0 Å². The molecule has 24 heavy (non-hydrogen) atoms. The van der Waals surface area contributed by atoms with E-state index in [0.717, 1.165) is 51.5 Å². The molecule has 2 amide bonds. The molecule has 1 atom stereocenters. The van der Waals surface area contributed by atoms with Crippen LogP contribution in [0.15, 0.2) is 0 Å². The zero-order valence-corrected chi connectivity index (χ0v) is 15.5. The molecule has 1 fully saturated rings. The van der Waals surface area contributed by atoms with Gasteiger partial charge >= 0.3 is 0 Å². The van der Waals surface area contributed by atoms with Crippen molar-refractivity contribution in [1.29, 1.82) is 0 Å². The Morgan fingerprint density at radius 1 is 1.04 bits per heavy atom. The first-order valence-electron chi connectivity index (χ1n) is 9.98. The van der Waals surface area contributed by atoms with Gasteiger partial charge < -0.3 is 16.0 Å². The Bertz CT molecular complexity index is 361. The molecule has 1 heterocycles. The number of carbonyl (C=O) groups is 2. The van der Waals surface area contributed by atoms with Crippen molar-refractivity contribution in [2.24, 2.45) is 5.73 Å². The van der Waals surface area contributed by atoms with Crippen LogP contribution in [0.25, 0.3) is 0 Å². The minimum absolute atomic E-state index is 0.0246. The number of rotatable bonds is 13. The monoisotopic (exact) mass is 339 g/mol. The van der Waals surface area contributed by atoms with E-state index < -0.39 is 0 Å². The van der Waals surface area contributed by atoms with Crippen LogP contribution in [0.2, 0.25) is 0 Å². The van der Waals surface area contributed by atoms with Gasteiger partial charge in [-0.3, -0.25) is 9.59 Å². The van der Waals surface area contributed by atoms with Crippen molar-refractivity contribution < 1.29 is 9.59 Å². The van der Waals surface area contributed by atoms with E-state index in [1.54, 1.807) is 4.90 Å². The predicted octanol–water partition coefficient (Wildman–Crippen LogP) is 2.97. The molecular weight excluding hydrogens is 302 g/mol. The van der Waals surface area contributed by atoms with Crippen molar-refractivity contribution in [1.82, 2.24) is 10.2 Å². The van der Waals surface area contributed by atoms with Crippen LogP contribution < -0.4 is 11.1 Å². The first-order valence-corrected chi connectivity index (χ1v) is 9.98. The second kappa shape index (κ2) is 13.2. The molecule has 1 aliphatic heterocycles. The molecular formula is C19H37N3O2. The Morgan fingerprint density at radius 2 is 1.75 bits per heavy atom. The van der Waals surface area contributed by atoms with Crippen LogP contribution in [0.4, 0.5) is 0 Å². The Hall–Kier alpha value is -1.10. The Balaban J connectivity index is 2.22. The van der Waals surface area contributed by atoms with Crippen molar-refractivity contribution in [3.05, 3.63) is 0 Å². The second-order valence-electron chi connectivity index (χ2n) is 6.90. The second-order valence-corrected chi connectivity index (χ2v) is 6.90. The maximum Gasteiger partial charge on any atom is 0.242 e. The molecule has 0 aliphatic carbocycles. The van der Waals surface area contributed by atoms with Crippen LogP contribution in [0.5, 0.6) is 0 Å². The maximum atomic E-state index is 12.4. The zero-order valence-electron chi connectivity index (χ0n) is 15.5. The van der Waals surface area contributed by atoms with Crippen LogP contribution in [0, 0.1) is 0 Å². The van der Waals surface area contributed by atoms with Gasteiger partial charge in [-0.05, 0) is 38.6 Å². The van der Waals surface area contributed by atoms with Crippen molar-refractivity contribution >= 4 is 11.8 Å². The highest BCUT2D eigenvalue weighted by Gasteiger charge is 2.33. The lowest BCUT2D eigenvalue weighted by molar-refractivity contribution is -0.138. The van der Waals surface area contributed by atoms with Gasteiger partial charge in [0.2, 0.25) is 11.8 Å². The Kier molecular flexibility index (Phi) is 11.5. The third kappa shape index (κ3) is 8.13. The fourth-order valence-electron chi connectivity index (χ4n) is 3.31. The highest BCUT2D eigenvalue weighted by atomic mass is 16.2. The van der Waals surface area contributed by atoms with Crippen molar-refractivity contribution in [2.75, 3.05) is 19.6 Å². The normalized spacial score (nSPS) is 17.2. The van der Waals surface area contributed by atoms with Gasteiger partial charge in [-0.2, -0.15) is 0 Å². The standard InChI is InChI=1S/C19H37N3O2/c1-2-3-4-5-6-8-13-18(23)22-16-11-12-17(22)19(24)21-15-10-7-9-14-20/h17H,2-16,20H2,1H3,(H,21,24). The molecule has 0 aromatic heterocycles. The Labute approximate surface area is 147 Å². The third-order valence-electron chi connectivity index (χ3n) is 4.80. The number of carbonyl (C=O) groups excluding carboxylic acids is 2. The fourth-order valence-corrected chi connectivity index (χ4v) is 3.31. The minimum atomic E-state index is -0.243. The molecule has 0 aromatic rings. The van der Waals surface area contributed by atoms with E-state index in [1.165, 1.54) is 25.7 Å². The molecule has 0 saturated carbocycles. The van der Waals surface area contributed by atoms with Crippen LogP contribution in [-0.4, -0.2) is 42.4 Å². The summed E-state index contributed by atoms with van der Waals surface area (Å²) in [7, 11) is 0. The van der Waals surface area contributed by atoms with Crippen LogP contribution in [0.1, 0.15) is 84.0 Å². The summed E-state index contributed by atoms with van der Waals surface area (Å²) in [5.74, 6) is 0.183. The molecule has 5 heteroatoms. The van der Waals surface area contributed by atoms with E-state index in [9.17, 15) is 9.59 Å². The van der Waals surface area contributed by atoms with E-state index in [1.807, 2.05) is 0 Å². The van der Waals surface area contributed by atoms with Gasteiger partial charge in [-0.15, -0.1) is 0 Å². The number of hydrogen-bond donors (Lipinski definition) is 2. The SMILES string of the molecule is CCCCCCCCC(=O)N1CCCC1C(=O)NCCCCCN. The summed E-state index contributed by atoms with van der Waals surface area (Å²) >= 11 is 0. The van der Waals surface area contributed by atoms with Gasteiger partial charge in [0.25, 0.3) is 0 Å². The van der Waals surface area contributed by atoms with E-state index in [-0.39, 0.29) is 17.9 Å². The van der Waals surface area contributed by atoms with Crippen molar-refractivity contribution in [3.63, 3.8) is 0 Å². The summed E-state index contributed by atoms with van der Waals surface area (Å²) in [6.07, 6.45) is 12.4. The van der Waals surface area contributed by atoms with Gasteiger partial charge in [-0.1, -0.05) is 45.4 Å². The number of likely N-dealkylation sites (tertiary alicyclic amines) is 1. The molecule has 1 rings (SSSR count). The lowest BCUT2D eigenvalue weighted by Crippen LogP contribution is -2.46. The summed E-state index contributed by atoms with van der Waals surface area (Å²) in [5, 5.41) is 2.99. The predicted molar refractivity (Wildman–Crippen MR) is 98.6 cm³/mol. The number of nitrogens with two attached hydrogens (primary N) is 1. The quantitative estimate of drug-likeness (QED) is 0.507. The van der Waals surface area contributed by atoms with Crippen molar-refractivity contribution in [3.8, 4) is 0 Å². The van der Waals surface area contributed by atoms with E-state index >= 15 is 0 Å². The molecule has 0 spiro atoms. The molecule has 0 bridgehead atoms. The largest absolute Gasteiger partial charge is 0.354 e. The smallest absolute Gasteiger partial charge is 0.242 e. The number of nitrogens with one attached hydrogen (secondary N) is 1. The Morgan fingerprint density at radius 3 is 2.50 bits per heavy atom. The van der Waals surface area contributed by atoms with Crippen molar-refractivity contribution in [2.45, 2.75) is 90.0 Å². The summed E-state index contributed by atoms with van der Waals surface area (Å²) in [5.41, 5.74) is 5.46.